The standard InChI is InChI=1S/C19H16BrN3O2S2/c20-15-6-4-14(5-7-15)12-26-13-17(24)23-22-11-16-8-9-19(25-16)27-18-3-1-2-10-21-18/h1-11H,12-13H2,(H,23,24)/b22-11+. The van der Waals surface area contributed by atoms with Crippen molar-refractivity contribution in [2.24, 2.45) is 5.10 Å². The second-order valence-electron chi connectivity index (χ2n) is 5.34. The van der Waals surface area contributed by atoms with E-state index in [9.17, 15) is 4.79 Å². The van der Waals surface area contributed by atoms with Crippen LogP contribution in [0.1, 0.15) is 11.3 Å². The summed E-state index contributed by atoms with van der Waals surface area (Å²) in [5.41, 5.74) is 3.68. The minimum Gasteiger partial charge on any atom is -0.448 e. The van der Waals surface area contributed by atoms with E-state index in [1.54, 1.807) is 12.3 Å². The van der Waals surface area contributed by atoms with Crippen LogP contribution >= 0.6 is 39.5 Å². The van der Waals surface area contributed by atoms with Gasteiger partial charge in [-0.2, -0.15) is 5.10 Å². The molecular formula is C19H16BrN3O2S2. The van der Waals surface area contributed by atoms with Gasteiger partial charge in [0.05, 0.1) is 12.0 Å². The van der Waals surface area contributed by atoms with Gasteiger partial charge in [-0.25, -0.2) is 10.4 Å². The fourth-order valence-electron chi connectivity index (χ4n) is 2.01. The van der Waals surface area contributed by atoms with Crippen molar-refractivity contribution in [1.82, 2.24) is 10.4 Å². The van der Waals surface area contributed by atoms with Crippen molar-refractivity contribution < 1.29 is 9.21 Å². The van der Waals surface area contributed by atoms with Crippen molar-refractivity contribution in [2.75, 3.05) is 5.75 Å². The van der Waals surface area contributed by atoms with Crippen LogP contribution in [0, 0.1) is 0 Å². The number of nitrogens with zero attached hydrogens (tertiary/aromatic N) is 2. The van der Waals surface area contributed by atoms with E-state index in [0.717, 1.165) is 15.3 Å². The summed E-state index contributed by atoms with van der Waals surface area (Å²) in [7, 11) is 0. The van der Waals surface area contributed by atoms with Crippen LogP contribution in [-0.4, -0.2) is 22.9 Å². The number of carbonyl (C=O) groups is 1. The predicted molar refractivity (Wildman–Crippen MR) is 113 cm³/mol. The summed E-state index contributed by atoms with van der Waals surface area (Å²) in [5, 5.41) is 5.50. The molecule has 0 fully saturated rings. The van der Waals surface area contributed by atoms with Gasteiger partial charge in [0.15, 0.2) is 5.09 Å². The van der Waals surface area contributed by atoms with Crippen molar-refractivity contribution in [2.45, 2.75) is 15.9 Å². The summed E-state index contributed by atoms with van der Waals surface area (Å²) < 4.78 is 6.68. The molecule has 27 heavy (non-hydrogen) atoms. The van der Waals surface area contributed by atoms with Crippen molar-refractivity contribution in [3.05, 3.63) is 76.6 Å². The largest absolute Gasteiger partial charge is 0.448 e. The van der Waals surface area contributed by atoms with E-state index in [2.05, 4.69) is 31.4 Å². The molecule has 3 rings (SSSR count). The second kappa shape index (κ2) is 10.3. The van der Waals surface area contributed by atoms with Crippen LogP contribution < -0.4 is 5.43 Å². The van der Waals surface area contributed by atoms with Gasteiger partial charge in [0.25, 0.3) is 0 Å². The fourth-order valence-corrected chi connectivity index (χ4v) is 3.80. The second-order valence-corrected chi connectivity index (χ2v) is 8.27. The third kappa shape index (κ3) is 6.89. The quantitative estimate of drug-likeness (QED) is 0.378. The Bertz CT molecular complexity index is 899. The number of hydrogen-bond donors (Lipinski definition) is 1. The Morgan fingerprint density at radius 1 is 1.19 bits per heavy atom. The number of pyridine rings is 1. The van der Waals surface area contributed by atoms with Crippen LogP contribution in [0.2, 0.25) is 0 Å². The summed E-state index contributed by atoms with van der Waals surface area (Å²) in [6, 6.07) is 17.4. The topological polar surface area (TPSA) is 67.5 Å². The highest BCUT2D eigenvalue weighted by molar-refractivity contribution is 9.10. The molecule has 0 atom stereocenters. The molecule has 3 aromatic rings. The predicted octanol–water partition coefficient (Wildman–Crippen LogP) is 4.97. The highest BCUT2D eigenvalue weighted by Crippen LogP contribution is 2.26. The molecule has 5 nitrogen and oxygen atoms in total. The maximum absolute atomic E-state index is 11.8. The zero-order valence-corrected chi connectivity index (χ0v) is 17.4. The summed E-state index contributed by atoms with van der Waals surface area (Å²) in [5.74, 6) is 1.53. The number of hydrogen-bond acceptors (Lipinski definition) is 6. The van der Waals surface area contributed by atoms with Gasteiger partial charge in [-0.3, -0.25) is 4.79 Å². The minimum atomic E-state index is -0.150. The Balaban J connectivity index is 1.39. The first kappa shape index (κ1) is 19.7. The molecule has 0 spiro atoms. The van der Waals surface area contributed by atoms with Crippen molar-refractivity contribution >= 4 is 51.6 Å². The number of hydrazone groups is 1. The van der Waals surface area contributed by atoms with Gasteiger partial charge < -0.3 is 4.42 Å². The van der Waals surface area contributed by atoms with Gasteiger partial charge >= 0.3 is 0 Å². The van der Waals surface area contributed by atoms with Crippen LogP contribution in [-0.2, 0) is 10.5 Å². The molecule has 8 heteroatoms. The first-order valence-corrected chi connectivity index (χ1v) is 10.8. The molecule has 138 valence electrons. The molecular weight excluding hydrogens is 446 g/mol. The van der Waals surface area contributed by atoms with E-state index in [0.29, 0.717) is 16.6 Å². The van der Waals surface area contributed by atoms with Crippen LogP contribution in [0.5, 0.6) is 0 Å². The van der Waals surface area contributed by atoms with Gasteiger partial charge in [0.2, 0.25) is 5.91 Å². The number of amides is 1. The zero-order valence-electron chi connectivity index (χ0n) is 14.2. The van der Waals surface area contributed by atoms with Crippen LogP contribution in [0.4, 0.5) is 0 Å². The zero-order chi connectivity index (χ0) is 18.9. The van der Waals surface area contributed by atoms with Crippen LogP contribution in [0.3, 0.4) is 0 Å². The molecule has 1 aromatic carbocycles. The Morgan fingerprint density at radius 2 is 2.04 bits per heavy atom. The normalized spacial score (nSPS) is 11.0. The molecule has 2 heterocycles. The van der Waals surface area contributed by atoms with Crippen LogP contribution in [0.25, 0.3) is 0 Å². The van der Waals surface area contributed by atoms with E-state index in [4.69, 9.17) is 4.42 Å². The Morgan fingerprint density at radius 3 is 2.81 bits per heavy atom. The number of benzene rings is 1. The van der Waals surface area contributed by atoms with Gasteiger partial charge in [-0.15, -0.1) is 11.8 Å². The number of carbonyl (C=O) groups excluding carboxylic acids is 1. The monoisotopic (exact) mass is 461 g/mol. The van der Waals surface area contributed by atoms with E-state index in [1.165, 1.54) is 35.3 Å². The van der Waals surface area contributed by atoms with E-state index < -0.39 is 0 Å². The highest BCUT2D eigenvalue weighted by Gasteiger charge is 2.04. The highest BCUT2D eigenvalue weighted by atomic mass is 79.9. The number of furan rings is 1. The lowest BCUT2D eigenvalue weighted by molar-refractivity contribution is -0.118. The third-order valence-corrected chi connectivity index (χ3v) is 5.64. The average Bonchev–Trinajstić information content (AvgIpc) is 3.11. The maximum atomic E-state index is 11.8. The summed E-state index contributed by atoms with van der Waals surface area (Å²) in [6.45, 7) is 0. The van der Waals surface area contributed by atoms with Gasteiger partial charge in [0.1, 0.15) is 10.8 Å². The molecule has 1 N–H and O–H groups in total. The van der Waals surface area contributed by atoms with Gasteiger partial charge in [-0.1, -0.05) is 34.1 Å². The molecule has 1 amide bonds. The first-order valence-electron chi connectivity index (χ1n) is 8.02. The average molecular weight is 462 g/mol. The van der Waals surface area contributed by atoms with Gasteiger partial charge in [-0.05, 0) is 53.7 Å². The number of nitrogens with one attached hydrogen (secondary N) is 1. The number of aromatic nitrogens is 1. The Kier molecular flexibility index (Phi) is 7.55. The summed E-state index contributed by atoms with van der Waals surface area (Å²) in [6.07, 6.45) is 3.22. The Labute approximate surface area is 174 Å². The van der Waals surface area contributed by atoms with Crippen LogP contribution in [0.15, 0.2) is 84.9 Å². The van der Waals surface area contributed by atoms with E-state index in [1.807, 2.05) is 48.5 Å². The maximum Gasteiger partial charge on any atom is 0.250 e. The molecule has 0 saturated carbocycles. The fraction of sp³-hybridized carbons (Fsp3) is 0.105. The van der Waals surface area contributed by atoms with Crippen molar-refractivity contribution in [3.8, 4) is 0 Å². The summed E-state index contributed by atoms with van der Waals surface area (Å²) in [4.78, 5) is 16.1. The molecule has 0 aliphatic heterocycles. The molecule has 0 aliphatic carbocycles. The van der Waals surface area contributed by atoms with E-state index in [-0.39, 0.29) is 5.91 Å². The number of thioether (sulfide) groups is 1. The molecule has 0 bridgehead atoms. The first-order chi connectivity index (χ1) is 13.2. The van der Waals surface area contributed by atoms with E-state index >= 15 is 0 Å². The lowest BCUT2D eigenvalue weighted by Gasteiger charge is -2.01. The molecule has 0 aliphatic rings. The molecule has 2 aromatic heterocycles. The third-order valence-electron chi connectivity index (χ3n) is 3.24. The SMILES string of the molecule is O=C(CSCc1ccc(Br)cc1)N/N=C/c1ccc(Sc2ccccn2)o1. The Hall–Kier alpha value is -2.03. The number of rotatable bonds is 8. The summed E-state index contributed by atoms with van der Waals surface area (Å²) >= 11 is 6.37. The van der Waals surface area contributed by atoms with Crippen molar-refractivity contribution in [1.29, 1.82) is 0 Å². The molecule has 0 unspecified atom stereocenters. The van der Waals surface area contributed by atoms with Gasteiger partial charge in [0, 0.05) is 16.4 Å². The molecule has 0 radical (unpaired) electrons. The smallest absolute Gasteiger partial charge is 0.250 e. The number of halogens is 1. The van der Waals surface area contributed by atoms with Crippen molar-refractivity contribution in [3.63, 3.8) is 0 Å². The minimum absolute atomic E-state index is 0.150. The lowest BCUT2D eigenvalue weighted by Crippen LogP contribution is -2.19. The molecule has 0 saturated heterocycles. The lowest BCUT2D eigenvalue weighted by atomic mass is 10.2.